The molecule has 1 aromatic heterocycles. The van der Waals surface area contributed by atoms with Gasteiger partial charge in [-0.1, -0.05) is 18.5 Å². The second-order valence-corrected chi connectivity index (χ2v) is 4.83. The third-order valence-electron chi connectivity index (χ3n) is 3.15. The number of rotatable bonds is 5. The van der Waals surface area contributed by atoms with Crippen molar-refractivity contribution < 1.29 is 14.7 Å². The van der Waals surface area contributed by atoms with Gasteiger partial charge < -0.3 is 10.0 Å². The van der Waals surface area contributed by atoms with Crippen LogP contribution >= 0.6 is 11.6 Å². The lowest BCUT2D eigenvalue weighted by atomic mass is 10.2. The molecule has 0 spiro atoms. The number of aryl methyl sites for hydroxylation is 1. The molecule has 0 aliphatic rings. The number of aliphatic carboxylic acids is 1. The molecule has 1 unspecified atom stereocenters. The summed E-state index contributed by atoms with van der Waals surface area (Å²) in [6.45, 7) is 5.07. The highest BCUT2D eigenvalue weighted by Crippen LogP contribution is 2.21. The molecule has 0 aliphatic heterocycles. The Labute approximate surface area is 117 Å². The number of aromatic nitrogens is 2. The lowest BCUT2D eigenvalue weighted by Crippen LogP contribution is -2.42. The largest absolute Gasteiger partial charge is 0.480 e. The van der Waals surface area contributed by atoms with Crippen LogP contribution in [0.15, 0.2) is 0 Å². The van der Waals surface area contributed by atoms with E-state index < -0.39 is 11.9 Å². The first-order chi connectivity index (χ1) is 8.79. The average molecular weight is 288 g/mol. The molecule has 1 rings (SSSR count). The zero-order valence-corrected chi connectivity index (χ0v) is 12.2. The number of halogens is 1. The molecule has 0 saturated heterocycles. The fourth-order valence-corrected chi connectivity index (χ4v) is 1.89. The Morgan fingerprint density at radius 3 is 2.47 bits per heavy atom. The predicted octanol–water partition coefficient (Wildman–Crippen LogP) is 1.71. The van der Waals surface area contributed by atoms with Gasteiger partial charge in [-0.05, 0) is 20.3 Å². The Bertz CT molecular complexity index is 499. The number of nitrogens with zero attached hydrogens (tertiary/aromatic N) is 3. The molecule has 0 aliphatic carbocycles. The van der Waals surface area contributed by atoms with Gasteiger partial charge in [0.05, 0.1) is 10.7 Å². The van der Waals surface area contributed by atoms with E-state index in [0.29, 0.717) is 12.1 Å². The summed E-state index contributed by atoms with van der Waals surface area (Å²) >= 11 is 6.06. The first-order valence-electron chi connectivity index (χ1n) is 6.01. The van der Waals surface area contributed by atoms with Crippen molar-refractivity contribution in [2.24, 2.45) is 7.05 Å². The fourth-order valence-electron chi connectivity index (χ4n) is 1.65. The molecule has 0 aromatic carbocycles. The molecule has 0 saturated carbocycles. The minimum Gasteiger partial charge on any atom is -0.480 e. The summed E-state index contributed by atoms with van der Waals surface area (Å²) in [4.78, 5) is 24.5. The molecule has 106 valence electrons. The number of hydrogen-bond acceptors (Lipinski definition) is 3. The summed E-state index contributed by atoms with van der Waals surface area (Å²) in [7, 11) is 1.68. The number of amides is 1. The van der Waals surface area contributed by atoms with Gasteiger partial charge in [0.2, 0.25) is 0 Å². The van der Waals surface area contributed by atoms with Crippen LogP contribution in [0.25, 0.3) is 0 Å². The van der Waals surface area contributed by atoms with Crippen molar-refractivity contribution in [2.45, 2.75) is 33.2 Å². The summed E-state index contributed by atoms with van der Waals surface area (Å²) in [6.07, 6.45) is 0.655. The molecule has 0 radical (unpaired) electrons. The van der Waals surface area contributed by atoms with E-state index in [1.807, 2.05) is 6.92 Å². The van der Waals surface area contributed by atoms with Crippen molar-refractivity contribution in [3.8, 4) is 0 Å². The smallest absolute Gasteiger partial charge is 0.323 e. The van der Waals surface area contributed by atoms with Crippen molar-refractivity contribution >= 4 is 23.5 Å². The van der Waals surface area contributed by atoms with E-state index in [2.05, 4.69) is 5.10 Å². The number of carboxylic acid groups (broad SMARTS) is 1. The van der Waals surface area contributed by atoms with E-state index in [-0.39, 0.29) is 23.3 Å². The average Bonchev–Trinajstić information content (AvgIpc) is 2.61. The lowest BCUT2D eigenvalue weighted by molar-refractivity contribution is -0.138. The summed E-state index contributed by atoms with van der Waals surface area (Å²) in [5.41, 5.74) is 0.771. The van der Waals surface area contributed by atoms with Crippen LogP contribution in [0.3, 0.4) is 0 Å². The maximum Gasteiger partial charge on any atom is 0.323 e. The predicted molar refractivity (Wildman–Crippen MR) is 71.4 cm³/mol. The SMILES string of the molecule is CCC(C)N(CC(=O)O)C(=O)c1nn(C)c(C)c1Cl. The monoisotopic (exact) mass is 287 g/mol. The highest BCUT2D eigenvalue weighted by Gasteiger charge is 2.27. The molecule has 0 bridgehead atoms. The standard InChI is InChI=1S/C12H18ClN3O3/c1-5-7(2)16(6-9(17)18)12(19)11-10(13)8(3)15(4)14-11/h7H,5-6H2,1-4H3,(H,17,18). The normalized spacial score (nSPS) is 12.3. The van der Waals surface area contributed by atoms with Crippen LogP contribution in [0, 0.1) is 6.92 Å². The van der Waals surface area contributed by atoms with Crippen molar-refractivity contribution in [2.75, 3.05) is 6.54 Å². The third-order valence-corrected chi connectivity index (χ3v) is 3.61. The van der Waals surface area contributed by atoms with Gasteiger partial charge in [0, 0.05) is 13.1 Å². The molecule has 1 amide bonds. The Morgan fingerprint density at radius 1 is 1.53 bits per heavy atom. The molecule has 1 aromatic rings. The van der Waals surface area contributed by atoms with Gasteiger partial charge in [-0.3, -0.25) is 14.3 Å². The molecule has 1 N–H and O–H groups in total. The van der Waals surface area contributed by atoms with Crippen LogP contribution in [0.5, 0.6) is 0 Å². The van der Waals surface area contributed by atoms with Crippen LogP contribution in [0.2, 0.25) is 5.02 Å². The maximum atomic E-state index is 12.4. The minimum absolute atomic E-state index is 0.100. The molecular weight excluding hydrogens is 270 g/mol. The van der Waals surface area contributed by atoms with E-state index in [1.165, 1.54) is 9.58 Å². The van der Waals surface area contributed by atoms with E-state index in [9.17, 15) is 9.59 Å². The fraction of sp³-hybridized carbons (Fsp3) is 0.583. The Morgan fingerprint density at radius 2 is 2.11 bits per heavy atom. The second-order valence-electron chi connectivity index (χ2n) is 4.46. The maximum absolute atomic E-state index is 12.4. The van der Waals surface area contributed by atoms with E-state index in [1.54, 1.807) is 20.9 Å². The third kappa shape index (κ3) is 3.26. The summed E-state index contributed by atoms with van der Waals surface area (Å²) in [6, 6.07) is -0.193. The molecule has 19 heavy (non-hydrogen) atoms. The van der Waals surface area contributed by atoms with Gasteiger partial charge >= 0.3 is 5.97 Å². The molecule has 0 fully saturated rings. The molecular formula is C12H18ClN3O3. The molecule has 1 heterocycles. The van der Waals surface area contributed by atoms with Crippen molar-refractivity contribution in [3.63, 3.8) is 0 Å². The second kappa shape index (κ2) is 6.06. The van der Waals surface area contributed by atoms with Crippen molar-refractivity contribution in [1.29, 1.82) is 0 Å². The zero-order chi connectivity index (χ0) is 14.7. The number of carboxylic acids is 1. The topological polar surface area (TPSA) is 75.4 Å². The van der Waals surface area contributed by atoms with Crippen molar-refractivity contribution in [1.82, 2.24) is 14.7 Å². The van der Waals surface area contributed by atoms with Crippen LogP contribution in [-0.2, 0) is 11.8 Å². The van der Waals surface area contributed by atoms with Crippen LogP contribution in [-0.4, -0.2) is 44.3 Å². The zero-order valence-electron chi connectivity index (χ0n) is 11.5. The molecule has 6 nitrogen and oxygen atoms in total. The van der Waals surface area contributed by atoms with Gasteiger partial charge in [-0.2, -0.15) is 5.10 Å². The highest BCUT2D eigenvalue weighted by atomic mass is 35.5. The van der Waals surface area contributed by atoms with Gasteiger partial charge in [-0.25, -0.2) is 0 Å². The van der Waals surface area contributed by atoms with Crippen LogP contribution in [0.1, 0.15) is 36.5 Å². The highest BCUT2D eigenvalue weighted by molar-refractivity contribution is 6.34. The lowest BCUT2D eigenvalue weighted by Gasteiger charge is -2.26. The Kier molecular flexibility index (Phi) is 4.94. The van der Waals surface area contributed by atoms with Crippen LogP contribution < -0.4 is 0 Å². The quantitative estimate of drug-likeness (QED) is 0.894. The summed E-state index contributed by atoms with van der Waals surface area (Å²) in [5, 5.41) is 13.2. The minimum atomic E-state index is -1.06. The van der Waals surface area contributed by atoms with E-state index >= 15 is 0 Å². The van der Waals surface area contributed by atoms with E-state index in [4.69, 9.17) is 16.7 Å². The van der Waals surface area contributed by atoms with Gasteiger partial charge in [0.1, 0.15) is 6.54 Å². The van der Waals surface area contributed by atoms with Gasteiger partial charge in [0.25, 0.3) is 5.91 Å². The van der Waals surface area contributed by atoms with Crippen LogP contribution in [0.4, 0.5) is 0 Å². The van der Waals surface area contributed by atoms with Gasteiger partial charge in [0.15, 0.2) is 5.69 Å². The van der Waals surface area contributed by atoms with Crippen molar-refractivity contribution in [3.05, 3.63) is 16.4 Å². The van der Waals surface area contributed by atoms with Gasteiger partial charge in [-0.15, -0.1) is 0 Å². The summed E-state index contributed by atoms with van der Waals surface area (Å²) < 4.78 is 1.51. The Hall–Kier alpha value is -1.56. The number of hydrogen-bond donors (Lipinski definition) is 1. The molecule has 7 heteroatoms. The van der Waals surface area contributed by atoms with E-state index in [0.717, 1.165) is 0 Å². The first kappa shape index (κ1) is 15.5. The Balaban J connectivity index is 3.11. The summed E-state index contributed by atoms with van der Waals surface area (Å²) in [5.74, 6) is -1.51. The number of carbonyl (C=O) groups excluding carboxylic acids is 1. The number of carbonyl (C=O) groups is 2. The first-order valence-corrected chi connectivity index (χ1v) is 6.39. The molecule has 1 atom stereocenters.